The Morgan fingerprint density at radius 3 is 2.84 bits per heavy atom. The third-order valence-electron chi connectivity index (χ3n) is 2.59. The zero-order valence-corrected chi connectivity index (χ0v) is 12.8. The highest BCUT2D eigenvalue weighted by atomic mass is 79.9. The van der Waals surface area contributed by atoms with Crippen LogP contribution in [-0.4, -0.2) is 19.0 Å². The maximum absolute atomic E-state index is 11.6. The van der Waals surface area contributed by atoms with E-state index in [1.54, 1.807) is 12.1 Å². The Morgan fingerprint density at radius 1 is 1.47 bits per heavy atom. The molecule has 0 saturated carbocycles. The first-order valence-corrected chi connectivity index (χ1v) is 7.02. The minimum Gasteiger partial charge on any atom is -0.375 e. The van der Waals surface area contributed by atoms with Gasteiger partial charge >= 0.3 is 0 Å². The third-order valence-corrected chi connectivity index (χ3v) is 3.08. The molecule has 0 radical (unpaired) electrons. The van der Waals surface area contributed by atoms with E-state index in [1.165, 1.54) is 0 Å². The van der Waals surface area contributed by atoms with E-state index in [9.17, 15) is 4.79 Å². The summed E-state index contributed by atoms with van der Waals surface area (Å²) in [7, 11) is 0. The van der Waals surface area contributed by atoms with Gasteiger partial charge in [-0.3, -0.25) is 4.79 Å². The number of rotatable bonds is 6. The summed E-state index contributed by atoms with van der Waals surface area (Å²) in [6.07, 6.45) is 0.966. The summed E-state index contributed by atoms with van der Waals surface area (Å²) < 4.78 is 0.844. The van der Waals surface area contributed by atoms with Gasteiger partial charge in [-0.15, -0.1) is 0 Å². The topological polar surface area (TPSA) is 64.9 Å². The van der Waals surface area contributed by atoms with Crippen LogP contribution in [0.25, 0.3) is 0 Å². The highest BCUT2D eigenvalue weighted by Crippen LogP contribution is 2.19. The van der Waals surface area contributed by atoms with E-state index >= 15 is 0 Å². The van der Waals surface area contributed by atoms with Crippen molar-refractivity contribution in [2.45, 2.75) is 20.3 Å². The fourth-order valence-electron chi connectivity index (χ4n) is 1.50. The predicted octanol–water partition coefficient (Wildman–Crippen LogP) is 2.89. The van der Waals surface area contributed by atoms with E-state index in [0.29, 0.717) is 23.7 Å². The summed E-state index contributed by atoms with van der Waals surface area (Å²) in [6, 6.07) is 7.43. The molecule has 102 valence electrons. The van der Waals surface area contributed by atoms with Gasteiger partial charge in [-0.05, 0) is 30.5 Å². The fourth-order valence-corrected chi connectivity index (χ4v) is 1.86. The van der Waals surface area contributed by atoms with Crippen LogP contribution in [0.5, 0.6) is 0 Å². The Labute approximate surface area is 122 Å². The van der Waals surface area contributed by atoms with Crippen molar-refractivity contribution < 1.29 is 4.79 Å². The molecule has 19 heavy (non-hydrogen) atoms. The Morgan fingerprint density at radius 2 is 2.21 bits per heavy atom. The van der Waals surface area contributed by atoms with E-state index in [2.05, 4.69) is 46.5 Å². The van der Waals surface area contributed by atoms with Gasteiger partial charge in [0.05, 0.1) is 17.8 Å². The summed E-state index contributed by atoms with van der Waals surface area (Å²) in [6.45, 7) is 5.09. The van der Waals surface area contributed by atoms with Crippen molar-refractivity contribution in [2.75, 3.05) is 18.4 Å². The molecule has 0 aliphatic rings. The Bertz CT molecular complexity index is 480. The summed E-state index contributed by atoms with van der Waals surface area (Å²) in [5, 5.41) is 14.8. The molecule has 0 bridgehead atoms. The van der Waals surface area contributed by atoms with Crippen molar-refractivity contribution in [3.63, 3.8) is 0 Å². The molecule has 0 fully saturated rings. The Kier molecular flexibility index (Phi) is 6.37. The van der Waals surface area contributed by atoms with Crippen LogP contribution in [0, 0.1) is 17.2 Å². The number of amides is 1. The van der Waals surface area contributed by atoms with E-state index in [1.807, 2.05) is 6.07 Å². The van der Waals surface area contributed by atoms with Crippen LogP contribution in [0.4, 0.5) is 5.69 Å². The van der Waals surface area contributed by atoms with Gasteiger partial charge in [-0.25, -0.2) is 0 Å². The zero-order chi connectivity index (χ0) is 14.3. The lowest BCUT2D eigenvalue weighted by molar-refractivity contribution is -0.119. The SMILES string of the molecule is CC(C)CCNC(=O)CNc1ccc(Br)cc1C#N. The number of hydrogen-bond donors (Lipinski definition) is 2. The predicted molar refractivity (Wildman–Crippen MR) is 79.8 cm³/mol. The quantitative estimate of drug-likeness (QED) is 0.846. The number of hydrogen-bond acceptors (Lipinski definition) is 3. The summed E-state index contributed by atoms with van der Waals surface area (Å²) in [5.41, 5.74) is 1.19. The molecule has 0 atom stereocenters. The molecule has 0 aromatic heterocycles. The van der Waals surface area contributed by atoms with Gasteiger partial charge in [-0.1, -0.05) is 29.8 Å². The second-order valence-corrected chi connectivity index (χ2v) is 5.60. The molecule has 0 aliphatic heterocycles. The molecule has 1 amide bonds. The molecule has 1 rings (SSSR count). The number of carbonyl (C=O) groups excluding carboxylic acids is 1. The number of nitriles is 1. The minimum absolute atomic E-state index is 0.0625. The number of nitrogens with zero attached hydrogens (tertiary/aromatic N) is 1. The Balaban J connectivity index is 2.44. The van der Waals surface area contributed by atoms with Crippen LogP contribution in [0.1, 0.15) is 25.8 Å². The van der Waals surface area contributed by atoms with Gasteiger partial charge in [-0.2, -0.15) is 5.26 Å². The molecule has 0 aliphatic carbocycles. The van der Waals surface area contributed by atoms with E-state index in [4.69, 9.17) is 5.26 Å². The van der Waals surface area contributed by atoms with Gasteiger partial charge in [0.25, 0.3) is 0 Å². The second-order valence-electron chi connectivity index (χ2n) is 4.69. The highest BCUT2D eigenvalue weighted by Gasteiger charge is 2.05. The van der Waals surface area contributed by atoms with E-state index in [-0.39, 0.29) is 12.5 Å². The second kappa shape index (κ2) is 7.80. The molecule has 0 heterocycles. The normalized spacial score (nSPS) is 10.1. The van der Waals surface area contributed by atoms with Gasteiger partial charge in [0.2, 0.25) is 5.91 Å². The first-order chi connectivity index (χ1) is 9.02. The van der Waals surface area contributed by atoms with Gasteiger partial charge in [0.1, 0.15) is 6.07 Å². The molecule has 0 unspecified atom stereocenters. The number of nitrogens with one attached hydrogen (secondary N) is 2. The van der Waals surface area contributed by atoms with Crippen LogP contribution >= 0.6 is 15.9 Å². The van der Waals surface area contributed by atoms with Crippen LogP contribution in [0.15, 0.2) is 22.7 Å². The van der Waals surface area contributed by atoms with Crippen LogP contribution in [0.2, 0.25) is 0 Å². The first-order valence-electron chi connectivity index (χ1n) is 6.23. The van der Waals surface area contributed by atoms with Crippen molar-refractivity contribution in [3.8, 4) is 6.07 Å². The number of halogens is 1. The van der Waals surface area contributed by atoms with Crippen molar-refractivity contribution in [1.29, 1.82) is 5.26 Å². The molecule has 4 nitrogen and oxygen atoms in total. The monoisotopic (exact) mass is 323 g/mol. The lowest BCUT2D eigenvalue weighted by Crippen LogP contribution is -2.31. The average molecular weight is 324 g/mol. The lowest BCUT2D eigenvalue weighted by Gasteiger charge is -2.10. The highest BCUT2D eigenvalue weighted by molar-refractivity contribution is 9.10. The largest absolute Gasteiger partial charge is 0.375 e. The molecule has 1 aromatic rings. The summed E-state index contributed by atoms with van der Waals surface area (Å²) in [5.74, 6) is 0.511. The average Bonchev–Trinajstić information content (AvgIpc) is 2.36. The maximum atomic E-state index is 11.6. The van der Waals surface area contributed by atoms with Crippen molar-refractivity contribution >= 4 is 27.5 Å². The molecule has 5 heteroatoms. The van der Waals surface area contributed by atoms with Gasteiger partial charge in [0, 0.05) is 11.0 Å². The standard InChI is InChI=1S/C14H18BrN3O/c1-10(2)5-6-17-14(19)9-18-13-4-3-12(15)7-11(13)8-16/h3-4,7,10,18H,5-6,9H2,1-2H3,(H,17,19). The molecular weight excluding hydrogens is 306 g/mol. The molecule has 0 saturated heterocycles. The van der Waals surface area contributed by atoms with Gasteiger partial charge < -0.3 is 10.6 Å². The number of anilines is 1. The van der Waals surface area contributed by atoms with E-state index in [0.717, 1.165) is 10.9 Å². The molecule has 2 N–H and O–H groups in total. The first kappa shape index (κ1) is 15.5. The van der Waals surface area contributed by atoms with Crippen LogP contribution < -0.4 is 10.6 Å². The van der Waals surface area contributed by atoms with Crippen molar-refractivity contribution in [1.82, 2.24) is 5.32 Å². The van der Waals surface area contributed by atoms with Crippen LogP contribution in [0.3, 0.4) is 0 Å². The smallest absolute Gasteiger partial charge is 0.239 e. The Hall–Kier alpha value is -1.54. The minimum atomic E-state index is -0.0625. The number of benzene rings is 1. The molecule has 1 aromatic carbocycles. The van der Waals surface area contributed by atoms with Crippen molar-refractivity contribution in [3.05, 3.63) is 28.2 Å². The third kappa shape index (κ3) is 5.75. The number of carbonyl (C=O) groups is 1. The van der Waals surface area contributed by atoms with Gasteiger partial charge in [0.15, 0.2) is 0 Å². The van der Waals surface area contributed by atoms with Crippen molar-refractivity contribution in [2.24, 2.45) is 5.92 Å². The summed E-state index contributed by atoms with van der Waals surface area (Å²) >= 11 is 3.31. The molecular formula is C14H18BrN3O. The zero-order valence-electron chi connectivity index (χ0n) is 11.2. The van der Waals surface area contributed by atoms with E-state index < -0.39 is 0 Å². The molecule has 0 spiro atoms. The fraction of sp³-hybridized carbons (Fsp3) is 0.429. The maximum Gasteiger partial charge on any atom is 0.239 e. The lowest BCUT2D eigenvalue weighted by atomic mass is 10.1. The summed E-state index contributed by atoms with van der Waals surface area (Å²) in [4.78, 5) is 11.6. The van der Waals surface area contributed by atoms with Crippen LogP contribution in [-0.2, 0) is 4.79 Å².